The van der Waals surface area contributed by atoms with Crippen LogP contribution in [0.15, 0.2) is 64.5 Å². The second-order valence-electron chi connectivity index (χ2n) is 5.56. The minimum atomic E-state index is -3.44. The SMILES string of the molecule is CN=C(NCc1cccc(S(=O)(=O)NC)c1)NC(C)c1ccccc1.I. The average Bonchev–Trinajstić information content (AvgIpc) is 2.65. The number of hydrogen-bond acceptors (Lipinski definition) is 3. The maximum atomic E-state index is 11.9. The summed E-state index contributed by atoms with van der Waals surface area (Å²) >= 11 is 0. The van der Waals surface area contributed by atoms with E-state index < -0.39 is 10.0 Å². The highest BCUT2D eigenvalue weighted by Crippen LogP contribution is 2.12. The predicted molar refractivity (Wildman–Crippen MR) is 116 cm³/mol. The maximum Gasteiger partial charge on any atom is 0.240 e. The van der Waals surface area contributed by atoms with Crippen LogP contribution in [0.2, 0.25) is 0 Å². The molecule has 0 amide bonds. The monoisotopic (exact) mass is 488 g/mol. The zero-order valence-corrected chi connectivity index (χ0v) is 18.2. The van der Waals surface area contributed by atoms with Crippen molar-refractivity contribution in [3.05, 3.63) is 65.7 Å². The van der Waals surface area contributed by atoms with Gasteiger partial charge in [-0.15, -0.1) is 24.0 Å². The lowest BCUT2D eigenvalue weighted by Gasteiger charge is -2.18. The minimum absolute atomic E-state index is 0. The van der Waals surface area contributed by atoms with Crippen molar-refractivity contribution in [1.29, 1.82) is 0 Å². The van der Waals surface area contributed by atoms with Crippen LogP contribution in [0.3, 0.4) is 0 Å². The van der Waals surface area contributed by atoms with Crippen LogP contribution in [-0.2, 0) is 16.6 Å². The molecular weight excluding hydrogens is 463 g/mol. The number of rotatable bonds is 6. The predicted octanol–water partition coefficient (Wildman–Crippen LogP) is 2.64. The van der Waals surface area contributed by atoms with Gasteiger partial charge in [0.15, 0.2) is 5.96 Å². The summed E-state index contributed by atoms with van der Waals surface area (Å²) < 4.78 is 26.1. The van der Waals surface area contributed by atoms with Crippen molar-refractivity contribution in [3.63, 3.8) is 0 Å². The van der Waals surface area contributed by atoms with Crippen molar-refractivity contribution in [2.45, 2.75) is 24.4 Å². The lowest BCUT2D eigenvalue weighted by atomic mass is 10.1. The third-order valence-electron chi connectivity index (χ3n) is 3.81. The van der Waals surface area contributed by atoms with Gasteiger partial charge in [-0.2, -0.15) is 0 Å². The van der Waals surface area contributed by atoms with Crippen LogP contribution in [0.1, 0.15) is 24.1 Å². The van der Waals surface area contributed by atoms with E-state index >= 15 is 0 Å². The van der Waals surface area contributed by atoms with Gasteiger partial charge in [0, 0.05) is 13.6 Å². The Morgan fingerprint density at radius 2 is 1.81 bits per heavy atom. The largest absolute Gasteiger partial charge is 0.352 e. The molecule has 0 spiro atoms. The molecule has 2 aromatic rings. The molecule has 0 saturated carbocycles. The van der Waals surface area contributed by atoms with Gasteiger partial charge in [0.25, 0.3) is 0 Å². The van der Waals surface area contributed by atoms with Gasteiger partial charge in [0.05, 0.1) is 10.9 Å². The molecule has 26 heavy (non-hydrogen) atoms. The number of nitrogens with zero attached hydrogens (tertiary/aromatic N) is 1. The summed E-state index contributed by atoms with van der Waals surface area (Å²) in [5.74, 6) is 0.651. The van der Waals surface area contributed by atoms with Gasteiger partial charge in [-0.05, 0) is 37.2 Å². The standard InChI is InChI=1S/C18H24N4O2S.HI/c1-14(16-9-5-4-6-10-16)22-18(19-2)21-13-15-8-7-11-17(12-15)25(23,24)20-3;/h4-12,14,20H,13H2,1-3H3,(H2,19,21,22);1H. The molecule has 2 aromatic carbocycles. The van der Waals surface area contributed by atoms with Crippen LogP contribution in [0.4, 0.5) is 0 Å². The van der Waals surface area contributed by atoms with E-state index in [1.165, 1.54) is 7.05 Å². The summed E-state index contributed by atoms with van der Waals surface area (Å²) in [6.07, 6.45) is 0. The Hall–Kier alpha value is -1.65. The van der Waals surface area contributed by atoms with Gasteiger partial charge >= 0.3 is 0 Å². The Kier molecular flexibility index (Phi) is 9.03. The Bertz CT molecular complexity index is 826. The summed E-state index contributed by atoms with van der Waals surface area (Å²) in [7, 11) is -0.340. The molecule has 1 atom stereocenters. The Morgan fingerprint density at radius 3 is 2.42 bits per heavy atom. The molecule has 2 rings (SSSR count). The Labute approximate surface area is 172 Å². The number of halogens is 1. The number of benzene rings is 2. The maximum absolute atomic E-state index is 11.9. The minimum Gasteiger partial charge on any atom is -0.352 e. The normalized spacial score (nSPS) is 12.8. The van der Waals surface area contributed by atoms with E-state index in [0.29, 0.717) is 12.5 Å². The fourth-order valence-electron chi connectivity index (χ4n) is 2.35. The lowest BCUT2D eigenvalue weighted by molar-refractivity contribution is 0.588. The highest BCUT2D eigenvalue weighted by molar-refractivity contribution is 14.0. The zero-order valence-electron chi connectivity index (χ0n) is 15.1. The van der Waals surface area contributed by atoms with E-state index in [1.54, 1.807) is 25.2 Å². The van der Waals surface area contributed by atoms with Gasteiger partial charge in [-0.1, -0.05) is 42.5 Å². The van der Waals surface area contributed by atoms with Crippen LogP contribution in [0.5, 0.6) is 0 Å². The third kappa shape index (κ3) is 6.26. The van der Waals surface area contributed by atoms with Crippen molar-refractivity contribution < 1.29 is 8.42 Å². The molecule has 0 aromatic heterocycles. The smallest absolute Gasteiger partial charge is 0.240 e. The molecule has 3 N–H and O–H groups in total. The first kappa shape index (κ1) is 22.4. The zero-order chi connectivity index (χ0) is 18.3. The third-order valence-corrected chi connectivity index (χ3v) is 5.23. The van der Waals surface area contributed by atoms with Gasteiger partial charge in [0.2, 0.25) is 10.0 Å². The van der Waals surface area contributed by atoms with Crippen molar-refractivity contribution in [3.8, 4) is 0 Å². The number of aliphatic imine (C=N–C) groups is 1. The second kappa shape index (κ2) is 10.5. The van der Waals surface area contributed by atoms with Crippen LogP contribution >= 0.6 is 24.0 Å². The van der Waals surface area contributed by atoms with E-state index in [1.807, 2.05) is 24.3 Å². The van der Waals surface area contributed by atoms with Crippen LogP contribution in [0, 0.1) is 0 Å². The van der Waals surface area contributed by atoms with E-state index in [4.69, 9.17) is 0 Å². The summed E-state index contributed by atoms with van der Waals surface area (Å²) in [6, 6.07) is 17.0. The molecule has 0 aliphatic rings. The molecule has 8 heteroatoms. The number of nitrogens with one attached hydrogen (secondary N) is 3. The number of sulfonamides is 1. The van der Waals surface area contributed by atoms with Gasteiger partial charge < -0.3 is 10.6 Å². The fourth-order valence-corrected chi connectivity index (χ4v) is 3.15. The number of hydrogen-bond donors (Lipinski definition) is 3. The molecule has 0 saturated heterocycles. The summed E-state index contributed by atoms with van der Waals surface area (Å²) in [5.41, 5.74) is 2.01. The van der Waals surface area contributed by atoms with Gasteiger partial charge in [-0.3, -0.25) is 4.99 Å². The van der Waals surface area contributed by atoms with Crippen LogP contribution in [-0.4, -0.2) is 28.5 Å². The number of guanidine groups is 1. The van der Waals surface area contributed by atoms with Crippen molar-refractivity contribution in [1.82, 2.24) is 15.4 Å². The molecule has 0 aliphatic carbocycles. The quantitative estimate of drug-likeness (QED) is 0.332. The highest BCUT2D eigenvalue weighted by Gasteiger charge is 2.12. The van der Waals surface area contributed by atoms with Gasteiger partial charge in [0.1, 0.15) is 0 Å². The second-order valence-corrected chi connectivity index (χ2v) is 7.44. The van der Waals surface area contributed by atoms with E-state index in [2.05, 4.69) is 39.4 Å². The first-order valence-electron chi connectivity index (χ1n) is 8.01. The average molecular weight is 488 g/mol. The molecule has 0 bridgehead atoms. The molecule has 142 valence electrons. The van der Waals surface area contributed by atoms with E-state index in [0.717, 1.165) is 11.1 Å². The molecule has 0 heterocycles. The Morgan fingerprint density at radius 1 is 1.12 bits per heavy atom. The molecule has 1 unspecified atom stereocenters. The summed E-state index contributed by atoms with van der Waals surface area (Å²) in [4.78, 5) is 4.47. The molecule has 0 aliphatic heterocycles. The molecular formula is C18H25IN4O2S. The van der Waals surface area contributed by atoms with E-state index in [-0.39, 0.29) is 34.9 Å². The first-order chi connectivity index (χ1) is 12.0. The highest BCUT2D eigenvalue weighted by atomic mass is 127. The van der Waals surface area contributed by atoms with Crippen molar-refractivity contribution in [2.24, 2.45) is 4.99 Å². The molecule has 6 nitrogen and oxygen atoms in total. The van der Waals surface area contributed by atoms with Crippen molar-refractivity contribution >= 4 is 40.0 Å². The Balaban J connectivity index is 0.00000338. The van der Waals surface area contributed by atoms with Crippen LogP contribution < -0.4 is 15.4 Å². The topological polar surface area (TPSA) is 82.6 Å². The van der Waals surface area contributed by atoms with E-state index in [9.17, 15) is 8.42 Å². The molecule has 0 fully saturated rings. The van der Waals surface area contributed by atoms with Crippen LogP contribution in [0.25, 0.3) is 0 Å². The lowest BCUT2D eigenvalue weighted by Crippen LogP contribution is -2.38. The van der Waals surface area contributed by atoms with Gasteiger partial charge in [-0.25, -0.2) is 13.1 Å². The first-order valence-corrected chi connectivity index (χ1v) is 9.49. The van der Waals surface area contributed by atoms with Crippen molar-refractivity contribution in [2.75, 3.05) is 14.1 Å². The summed E-state index contributed by atoms with van der Waals surface area (Å²) in [6.45, 7) is 2.52. The fraction of sp³-hybridized carbons (Fsp3) is 0.278. The summed E-state index contributed by atoms with van der Waals surface area (Å²) in [5, 5.41) is 6.52. The molecule has 0 radical (unpaired) electrons.